The van der Waals surface area contributed by atoms with Crippen LogP contribution >= 0.6 is 0 Å². The number of nitrogens with two attached hydrogens (primary N) is 1. The van der Waals surface area contributed by atoms with Crippen LogP contribution in [0.15, 0.2) is 48.5 Å². The van der Waals surface area contributed by atoms with Crippen molar-refractivity contribution in [3.05, 3.63) is 65.2 Å². The molecule has 1 heterocycles. The van der Waals surface area contributed by atoms with Crippen LogP contribution in [0.4, 0.5) is 5.69 Å². The summed E-state index contributed by atoms with van der Waals surface area (Å²) in [5, 5.41) is 3.11. The van der Waals surface area contributed by atoms with Gasteiger partial charge >= 0.3 is 0 Å². The Hall–Kier alpha value is -2.82. The topological polar surface area (TPSA) is 75.4 Å². The Morgan fingerprint density at radius 2 is 1.54 bits per heavy atom. The van der Waals surface area contributed by atoms with E-state index in [-0.39, 0.29) is 12.5 Å². The van der Waals surface area contributed by atoms with E-state index in [1.165, 1.54) is 11.1 Å². The number of nitrogens with zero attached hydrogens (tertiary/aromatic N) is 1. The molecule has 3 rings (SSSR count). The summed E-state index contributed by atoms with van der Waals surface area (Å²) in [6.45, 7) is 1.74. The second-order valence-corrected chi connectivity index (χ2v) is 5.94. The lowest BCUT2D eigenvalue weighted by Crippen LogP contribution is -2.37. The fourth-order valence-corrected chi connectivity index (χ4v) is 2.96. The number of anilines is 1. The highest BCUT2D eigenvalue weighted by atomic mass is 16.2. The number of nitrogens with one attached hydrogen (secondary N) is 1. The third-order valence-corrected chi connectivity index (χ3v) is 4.39. The average Bonchev–Trinajstić information content (AvgIpc) is 2.83. The van der Waals surface area contributed by atoms with Crippen LogP contribution in [0.1, 0.15) is 21.5 Å². The number of carbonyl (C=O) groups is 2. The maximum Gasteiger partial charge on any atom is 0.248 e. The zero-order valence-corrected chi connectivity index (χ0v) is 13.5. The summed E-state index contributed by atoms with van der Waals surface area (Å²) < 4.78 is 0. The quantitative estimate of drug-likeness (QED) is 0.901. The molecule has 0 radical (unpaired) electrons. The van der Waals surface area contributed by atoms with Crippen molar-refractivity contribution in [3.8, 4) is 0 Å². The van der Waals surface area contributed by atoms with Crippen molar-refractivity contribution in [1.82, 2.24) is 4.90 Å². The van der Waals surface area contributed by atoms with Gasteiger partial charge in [0.15, 0.2) is 0 Å². The van der Waals surface area contributed by atoms with E-state index >= 15 is 0 Å². The van der Waals surface area contributed by atoms with E-state index in [1.807, 2.05) is 17.0 Å². The van der Waals surface area contributed by atoms with E-state index in [1.54, 1.807) is 24.3 Å². The molecular formula is C19H21N3O2. The standard InChI is InChI=1S/C19H21N3O2/c20-19(24)16-5-7-17(8-6-16)21-13-18(23)22-11-9-14-3-1-2-4-15(14)10-12-22/h1-8,21H,9-13H2,(H2,20,24). The van der Waals surface area contributed by atoms with Gasteiger partial charge in [-0.05, 0) is 48.2 Å². The first-order valence-electron chi connectivity index (χ1n) is 8.12. The molecule has 0 atom stereocenters. The predicted octanol–water partition coefficient (Wildman–Crippen LogP) is 1.82. The summed E-state index contributed by atoms with van der Waals surface area (Å²) in [5.74, 6) is -0.372. The highest BCUT2D eigenvalue weighted by Gasteiger charge is 2.17. The Morgan fingerprint density at radius 3 is 2.08 bits per heavy atom. The molecule has 0 bridgehead atoms. The van der Waals surface area contributed by atoms with Crippen molar-refractivity contribution in [3.63, 3.8) is 0 Å². The number of benzene rings is 2. The van der Waals surface area contributed by atoms with E-state index in [4.69, 9.17) is 5.73 Å². The van der Waals surface area contributed by atoms with Crippen LogP contribution in [-0.4, -0.2) is 36.3 Å². The molecule has 24 heavy (non-hydrogen) atoms. The maximum atomic E-state index is 12.4. The van der Waals surface area contributed by atoms with Gasteiger partial charge in [-0.15, -0.1) is 0 Å². The predicted molar refractivity (Wildman–Crippen MR) is 93.9 cm³/mol. The number of amides is 2. The molecular weight excluding hydrogens is 302 g/mol. The Bertz CT molecular complexity index is 714. The van der Waals surface area contributed by atoms with Gasteiger partial charge in [0.25, 0.3) is 0 Å². The van der Waals surface area contributed by atoms with Gasteiger partial charge in [-0.3, -0.25) is 9.59 Å². The molecule has 0 spiro atoms. The van der Waals surface area contributed by atoms with Gasteiger partial charge in [0, 0.05) is 24.3 Å². The molecule has 2 amide bonds. The van der Waals surface area contributed by atoms with Gasteiger partial charge in [-0.2, -0.15) is 0 Å². The molecule has 2 aromatic rings. The number of rotatable bonds is 4. The smallest absolute Gasteiger partial charge is 0.248 e. The highest BCUT2D eigenvalue weighted by molar-refractivity contribution is 5.93. The Labute approximate surface area is 141 Å². The Kier molecular flexibility index (Phi) is 4.79. The Balaban J connectivity index is 1.55. The van der Waals surface area contributed by atoms with Gasteiger partial charge in [0.1, 0.15) is 0 Å². The van der Waals surface area contributed by atoms with Gasteiger partial charge in [-0.25, -0.2) is 0 Å². The van der Waals surface area contributed by atoms with E-state index in [0.717, 1.165) is 31.6 Å². The van der Waals surface area contributed by atoms with E-state index in [2.05, 4.69) is 17.4 Å². The minimum Gasteiger partial charge on any atom is -0.376 e. The second-order valence-electron chi connectivity index (χ2n) is 5.94. The minimum atomic E-state index is -0.457. The lowest BCUT2D eigenvalue weighted by atomic mass is 10.0. The monoisotopic (exact) mass is 323 g/mol. The summed E-state index contributed by atoms with van der Waals surface area (Å²) in [4.78, 5) is 25.4. The second kappa shape index (κ2) is 7.17. The molecule has 5 heteroatoms. The van der Waals surface area contributed by atoms with Crippen LogP contribution in [0.25, 0.3) is 0 Å². The molecule has 5 nitrogen and oxygen atoms in total. The summed E-state index contributed by atoms with van der Waals surface area (Å²) in [6.07, 6.45) is 1.80. The first-order chi connectivity index (χ1) is 11.6. The van der Waals surface area contributed by atoms with Crippen LogP contribution in [0.2, 0.25) is 0 Å². The normalized spacial score (nSPS) is 13.8. The molecule has 0 aliphatic carbocycles. The lowest BCUT2D eigenvalue weighted by Gasteiger charge is -2.20. The number of carbonyl (C=O) groups excluding carboxylic acids is 2. The lowest BCUT2D eigenvalue weighted by molar-refractivity contribution is -0.129. The largest absolute Gasteiger partial charge is 0.376 e. The molecule has 1 aliphatic rings. The van der Waals surface area contributed by atoms with E-state index < -0.39 is 5.91 Å². The van der Waals surface area contributed by atoms with Crippen LogP contribution in [-0.2, 0) is 17.6 Å². The highest BCUT2D eigenvalue weighted by Crippen LogP contribution is 2.16. The number of hydrogen-bond acceptors (Lipinski definition) is 3. The molecule has 0 unspecified atom stereocenters. The van der Waals surface area contributed by atoms with Crippen molar-refractivity contribution in [2.24, 2.45) is 5.73 Å². The van der Waals surface area contributed by atoms with Crippen molar-refractivity contribution < 1.29 is 9.59 Å². The van der Waals surface area contributed by atoms with Crippen molar-refractivity contribution in [1.29, 1.82) is 0 Å². The van der Waals surface area contributed by atoms with Gasteiger partial charge in [-0.1, -0.05) is 24.3 Å². The molecule has 0 aromatic heterocycles. The van der Waals surface area contributed by atoms with Gasteiger partial charge in [0.05, 0.1) is 6.54 Å². The summed E-state index contributed by atoms with van der Waals surface area (Å²) in [5.41, 5.74) is 9.14. The third-order valence-electron chi connectivity index (χ3n) is 4.39. The first-order valence-corrected chi connectivity index (χ1v) is 8.12. The molecule has 3 N–H and O–H groups in total. The molecule has 124 valence electrons. The SMILES string of the molecule is NC(=O)c1ccc(NCC(=O)N2CCc3ccccc3CC2)cc1. The van der Waals surface area contributed by atoms with Crippen LogP contribution in [0, 0.1) is 0 Å². The number of primary amides is 1. The zero-order valence-electron chi connectivity index (χ0n) is 13.5. The van der Waals surface area contributed by atoms with Crippen molar-refractivity contribution >= 4 is 17.5 Å². The summed E-state index contributed by atoms with van der Waals surface area (Å²) in [7, 11) is 0. The van der Waals surface area contributed by atoms with Crippen molar-refractivity contribution in [2.45, 2.75) is 12.8 Å². The average molecular weight is 323 g/mol. The van der Waals surface area contributed by atoms with E-state index in [9.17, 15) is 9.59 Å². The van der Waals surface area contributed by atoms with Crippen LogP contribution in [0.5, 0.6) is 0 Å². The fourth-order valence-electron chi connectivity index (χ4n) is 2.96. The first kappa shape index (κ1) is 16.1. The summed E-state index contributed by atoms with van der Waals surface area (Å²) >= 11 is 0. The fraction of sp³-hybridized carbons (Fsp3) is 0.263. The molecule has 0 saturated carbocycles. The van der Waals surface area contributed by atoms with Crippen LogP contribution in [0.3, 0.4) is 0 Å². The molecule has 0 saturated heterocycles. The minimum absolute atomic E-state index is 0.0850. The van der Waals surface area contributed by atoms with E-state index in [0.29, 0.717) is 5.56 Å². The zero-order chi connectivity index (χ0) is 16.9. The number of fused-ring (bicyclic) bond motifs is 1. The molecule has 2 aromatic carbocycles. The molecule has 0 fully saturated rings. The molecule has 1 aliphatic heterocycles. The summed E-state index contributed by atoms with van der Waals surface area (Å²) in [6, 6.07) is 15.2. The Morgan fingerprint density at radius 1 is 0.958 bits per heavy atom. The van der Waals surface area contributed by atoms with Gasteiger partial charge in [0.2, 0.25) is 11.8 Å². The number of hydrogen-bond donors (Lipinski definition) is 2. The van der Waals surface area contributed by atoms with Crippen LogP contribution < -0.4 is 11.1 Å². The van der Waals surface area contributed by atoms with Gasteiger partial charge < -0.3 is 16.0 Å². The third kappa shape index (κ3) is 3.74. The van der Waals surface area contributed by atoms with Crippen molar-refractivity contribution in [2.75, 3.05) is 25.0 Å². The maximum absolute atomic E-state index is 12.4.